The summed E-state index contributed by atoms with van der Waals surface area (Å²) in [6, 6.07) is 13.5. The van der Waals surface area contributed by atoms with Crippen LogP contribution in [0.25, 0.3) is 11.0 Å². The van der Waals surface area contributed by atoms with Gasteiger partial charge in [-0.15, -0.1) is 0 Å². The number of benzene rings is 2. The third-order valence-corrected chi connectivity index (χ3v) is 5.72. The van der Waals surface area contributed by atoms with E-state index in [2.05, 4.69) is 32.6 Å². The first kappa shape index (κ1) is 26.1. The van der Waals surface area contributed by atoms with Crippen LogP contribution in [0.1, 0.15) is 30.9 Å². The topological polar surface area (TPSA) is 158 Å². The molecule has 0 spiro atoms. The lowest BCUT2D eigenvalue weighted by Gasteiger charge is -2.13. The van der Waals surface area contributed by atoms with Gasteiger partial charge in [-0.1, -0.05) is 25.5 Å². The quantitative estimate of drug-likeness (QED) is 0.135. The van der Waals surface area contributed by atoms with Crippen molar-refractivity contribution < 1.29 is 14.6 Å². The molecule has 0 saturated heterocycles. The smallest absolute Gasteiger partial charge is 0.222 e. The van der Waals surface area contributed by atoms with Crippen molar-refractivity contribution in [3.63, 3.8) is 0 Å². The first-order valence-corrected chi connectivity index (χ1v) is 12.3. The number of nitrogens with two attached hydrogens (primary N) is 2. The maximum atomic E-state index is 8.88. The average molecular weight is 507 g/mol. The zero-order chi connectivity index (χ0) is 26.2. The molecule has 1 unspecified atom stereocenters. The molecule has 4 rings (SSSR count). The van der Waals surface area contributed by atoms with Crippen molar-refractivity contribution in [3.05, 3.63) is 59.8 Å². The minimum atomic E-state index is -0.251. The number of nitrogens with one attached hydrogen (secondary N) is 2. The Hall–Kier alpha value is -3.93. The summed E-state index contributed by atoms with van der Waals surface area (Å²) < 4.78 is 13.4. The number of hydrogen-bond acceptors (Lipinski definition) is 10. The van der Waals surface area contributed by atoms with E-state index in [9.17, 15) is 0 Å². The van der Waals surface area contributed by atoms with Crippen LogP contribution >= 0.6 is 0 Å². The number of nitrogen functional groups attached to an aromatic ring is 1. The summed E-state index contributed by atoms with van der Waals surface area (Å²) in [5.41, 5.74) is 15.3. The van der Waals surface area contributed by atoms with Crippen molar-refractivity contribution in [1.82, 2.24) is 25.1 Å². The van der Waals surface area contributed by atoms with E-state index in [-0.39, 0.29) is 18.7 Å². The Balaban J connectivity index is 1.48. The van der Waals surface area contributed by atoms with Crippen LogP contribution in [0.2, 0.25) is 0 Å². The Bertz CT molecular complexity index is 1310. The van der Waals surface area contributed by atoms with E-state index in [0.29, 0.717) is 48.0 Å². The van der Waals surface area contributed by atoms with Crippen LogP contribution in [-0.4, -0.2) is 51.3 Å². The number of aliphatic hydroxyl groups is 1. The Kier molecular flexibility index (Phi) is 8.72. The van der Waals surface area contributed by atoms with Crippen molar-refractivity contribution in [2.45, 2.75) is 39.0 Å². The fraction of sp³-hybridized carbons (Fsp3) is 0.346. The molecule has 7 N–H and O–H groups in total. The van der Waals surface area contributed by atoms with Gasteiger partial charge >= 0.3 is 0 Å². The summed E-state index contributed by atoms with van der Waals surface area (Å²) in [7, 11) is 1.62. The molecule has 11 nitrogen and oxygen atoms in total. The number of fused-ring (bicyclic) bond motifs is 1. The van der Waals surface area contributed by atoms with Gasteiger partial charge in [-0.3, -0.25) is 4.68 Å². The fourth-order valence-corrected chi connectivity index (χ4v) is 3.93. The van der Waals surface area contributed by atoms with Gasteiger partial charge in [0.1, 0.15) is 22.8 Å². The monoisotopic (exact) mass is 506 g/mol. The molecule has 2 heterocycles. The van der Waals surface area contributed by atoms with Gasteiger partial charge in [-0.2, -0.15) is 10.1 Å². The summed E-state index contributed by atoms with van der Waals surface area (Å²) in [6.07, 6.45) is 3.31. The first-order valence-electron chi connectivity index (χ1n) is 12.3. The molecule has 2 aromatic carbocycles. The number of aromatic nitrogens is 4. The third-order valence-electron chi connectivity index (χ3n) is 5.72. The predicted octanol–water partition coefficient (Wildman–Crippen LogP) is 2.84. The van der Waals surface area contributed by atoms with Crippen LogP contribution in [0, 0.1) is 0 Å². The second-order valence-corrected chi connectivity index (χ2v) is 8.65. The average Bonchev–Trinajstić information content (AvgIpc) is 3.28. The largest absolute Gasteiger partial charge is 0.496 e. The van der Waals surface area contributed by atoms with Crippen LogP contribution in [0.5, 0.6) is 17.2 Å². The number of aliphatic hydroxyl groups excluding tert-OH is 1. The SMILES string of the molecule is CCCC(N)Nc1nc(N)nc2cn(Cc3ccc(Oc4ccc(CNCCO)cc4)cc3OC)nc12. The molecule has 0 radical (unpaired) electrons. The van der Waals surface area contributed by atoms with Crippen molar-refractivity contribution in [3.8, 4) is 17.2 Å². The van der Waals surface area contributed by atoms with Crippen molar-refractivity contribution >= 4 is 22.8 Å². The van der Waals surface area contributed by atoms with Gasteiger partial charge in [0, 0.05) is 24.7 Å². The van der Waals surface area contributed by atoms with Gasteiger partial charge in [-0.25, -0.2) is 4.98 Å². The molecule has 11 heteroatoms. The molecule has 0 saturated carbocycles. The molecule has 0 fully saturated rings. The molecule has 0 bridgehead atoms. The van der Waals surface area contributed by atoms with E-state index >= 15 is 0 Å². The Morgan fingerprint density at radius 2 is 1.89 bits per heavy atom. The predicted molar refractivity (Wildman–Crippen MR) is 144 cm³/mol. The van der Waals surface area contributed by atoms with Gasteiger partial charge in [-0.05, 0) is 36.2 Å². The highest BCUT2D eigenvalue weighted by Gasteiger charge is 2.15. The molecule has 2 aromatic heterocycles. The van der Waals surface area contributed by atoms with E-state index in [1.807, 2.05) is 48.7 Å². The number of methoxy groups -OCH3 is 1. The van der Waals surface area contributed by atoms with Crippen LogP contribution in [-0.2, 0) is 13.1 Å². The molecule has 1 atom stereocenters. The summed E-state index contributed by atoms with van der Waals surface area (Å²) in [5.74, 6) is 2.74. The molecule has 0 aliphatic carbocycles. The van der Waals surface area contributed by atoms with E-state index < -0.39 is 0 Å². The highest BCUT2D eigenvalue weighted by Crippen LogP contribution is 2.30. The summed E-state index contributed by atoms with van der Waals surface area (Å²) in [6.45, 7) is 3.89. The van der Waals surface area contributed by atoms with E-state index in [1.165, 1.54) is 0 Å². The summed E-state index contributed by atoms with van der Waals surface area (Å²) in [5, 5.41) is 19.9. The Morgan fingerprint density at radius 1 is 1.11 bits per heavy atom. The molecule has 0 aliphatic heterocycles. The molecular formula is C26H34N8O3. The van der Waals surface area contributed by atoms with Gasteiger partial charge in [0.05, 0.1) is 32.6 Å². The summed E-state index contributed by atoms with van der Waals surface area (Å²) >= 11 is 0. The van der Waals surface area contributed by atoms with E-state index in [0.717, 1.165) is 29.7 Å². The highest BCUT2D eigenvalue weighted by atomic mass is 16.5. The molecule has 196 valence electrons. The zero-order valence-electron chi connectivity index (χ0n) is 21.1. The van der Waals surface area contributed by atoms with Crippen LogP contribution in [0.4, 0.5) is 11.8 Å². The maximum Gasteiger partial charge on any atom is 0.222 e. The standard InChI is InChI=1S/C26H34N8O3/c1-3-4-23(27)31-25-24-21(30-26(28)32-25)16-34(33-24)15-18-7-10-20(13-22(18)36-2)37-19-8-5-17(6-9-19)14-29-11-12-35/h5-10,13,16,23,29,35H,3-4,11-12,14-15,27H2,1-2H3,(H3,28,30,31,32). The number of rotatable bonds is 13. The zero-order valence-corrected chi connectivity index (χ0v) is 21.1. The van der Waals surface area contributed by atoms with Crippen molar-refractivity contribution in [2.24, 2.45) is 5.73 Å². The molecule has 0 amide bonds. The van der Waals surface area contributed by atoms with E-state index in [4.69, 9.17) is 26.0 Å². The normalized spacial score (nSPS) is 12.0. The van der Waals surface area contributed by atoms with Crippen molar-refractivity contribution in [1.29, 1.82) is 0 Å². The number of nitrogens with zero attached hydrogens (tertiary/aromatic N) is 4. The van der Waals surface area contributed by atoms with Crippen molar-refractivity contribution in [2.75, 3.05) is 31.3 Å². The lowest BCUT2D eigenvalue weighted by Crippen LogP contribution is -2.29. The molecule has 4 aromatic rings. The van der Waals surface area contributed by atoms with Gasteiger partial charge < -0.3 is 36.7 Å². The second-order valence-electron chi connectivity index (χ2n) is 8.65. The van der Waals surface area contributed by atoms with Crippen LogP contribution < -0.4 is 31.6 Å². The van der Waals surface area contributed by atoms with Gasteiger partial charge in [0.15, 0.2) is 11.3 Å². The Labute approximate surface area is 215 Å². The third kappa shape index (κ3) is 6.85. The van der Waals surface area contributed by atoms with E-state index in [1.54, 1.807) is 11.8 Å². The Morgan fingerprint density at radius 3 is 2.62 bits per heavy atom. The minimum absolute atomic E-state index is 0.116. The molecule has 37 heavy (non-hydrogen) atoms. The first-order chi connectivity index (χ1) is 18.0. The van der Waals surface area contributed by atoms with Crippen LogP contribution in [0.15, 0.2) is 48.7 Å². The maximum absolute atomic E-state index is 8.88. The fourth-order valence-electron chi connectivity index (χ4n) is 3.93. The molecular weight excluding hydrogens is 472 g/mol. The number of ether oxygens (including phenoxy) is 2. The van der Waals surface area contributed by atoms with Gasteiger partial charge in [0.25, 0.3) is 0 Å². The highest BCUT2D eigenvalue weighted by molar-refractivity contribution is 5.85. The van der Waals surface area contributed by atoms with Crippen LogP contribution in [0.3, 0.4) is 0 Å². The number of anilines is 2. The second kappa shape index (κ2) is 12.3. The summed E-state index contributed by atoms with van der Waals surface area (Å²) in [4.78, 5) is 8.62. The molecule has 0 aliphatic rings. The lowest BCUT2D eigenvalue weighted by atomic mass is 10.2. The van der Waals surface area contributed by atoms with Gasteiger partial charge in [0.2, 0.25) is 5.95 Å². The minimum Gasteiger partial charge on any atom is -0.496 e. The lowest BCUT2D eigenvalue weighted by molar-refractivity contribution is 0.292. The number of hydrogen-bond donors (Lipinski definition) is 5.